The number of halogens is 3. The van der Waals surface area contributed by atoms with E-state index in [-0.39, 0.29) is 0 Å². The van der Waals surface area contributed by atoms with Crippen LogP contribution in [-0.4, -0.2) is 10.9 Å². The van der Waals surface area contributed by atoms with Gasteiger partial charge in [-0.05, 0) is 30.2 Å². The van der Waals surface area contributed by atoms with Crippen LogP contribution in [0.4, 0.5) is 13.2 Å². The molecular formula is C12H12F3NO. The van der Waals surface area contributed by atoms with Crippen LogP contribution >= 0.6 is 0 Å². The van der Waals surface area contributed by atoms with E-state index in [2.05, 4.69) is 11.7 Å². The standard InChI is InChI=1S/C12H12F3NO/c1-8(7-9(2)16-17)10-3-5-11(6-4-10)12(13,14)15/h3-6,17H,1,7H2,2H3/b16-9+. The lowest BCUT2D eigenvalue weighted by Gasteiger charge is -2.09. The second-order valence-electron chi connectivity index (χ2n) is 3.69. The third kappa shape index (κ3) is 3.62. The van der Waals surface area contributed by atoms with Gasteiger partial charge in [-0.1, -0.05) is 23.9 Å². The Morgan fingerprint density at radius 3 is 2.24 bits per heavy atom. The molecule has 1 aromatic rings. The second-order valence-corrected chi connectivity index (χ2v) is 3.69. The number of oxime groups is 1. The second kappa shape index (κ2) is 5.03. The van der Waals surface area contributed by atoms with Gasteiger partial charge >= 0.3 is 6.18 Å². The van der Waals surface area contributed by atoms with Crippen molar-refractivity contribution >= 4 is 11.3 Å². The van der Waals surface area contributed by atoms with Crippen molar-refractivity contribution in [3.63, 3.8) is 0 Å². The van der Waals surface area contributed by atoms with E-state index in [1.54, 1.807) is 6.92 Å². The molecule has 0 saturated carbocycles. The lowest BCUT2D eigenvalue weighted by Crippen LogP contribution is -2.04. The van der Waals surface area contributed by atoms with Gasteiger partial charge in [0.05, 0.1) is 11.3 Å². The predicted molar refractivity (Wildman–Crippen MR) is 60.0 cm³/mol. The van der Waals surface area contributed by atoms with Gasteiger partial charge in [-0.15, -0.1) is 0 Å². The summed E-state index contributed by atoms with van der Waals surface area (Å²) in [6.07, 6.45) is -4.01. The Hall–Kier alpha value is -1.78. The molecule has 0 heterocycles. The molecular weight excluding hydrogens is 231 g/mol. The van der Waals surface area contributed by atoms with Crippen LogP contribution in [0.5, 0.6) is 0 Å². The van der Waals surface area contributed by atoms with Gasteiger partial charge in [-0.25, -0.2) is 0 Å². The molecule has 0 fully saturated rings. The van der Waals surface area contributed by atoms with Crippen LogP contribution in [0.1, 0.15) is 24.5 Å². The molecule has 0 bridgehead atoms. The van der Waals surface area contributed by atoms with Crippen molar-refractivity contribution in [2.45, 2.75) is 19.5 Å². The highest BCUT2D eigenvalue weighted by atomic mass is 19.4. The Kier molecular flexibility index (Phi) is 3.93. The van der Waals surface area contributed by atoms with E-state index in [4.69, 9.17) is 5.21 Å². The van der Waals surface area contributed by atoms with Crippen molar-refractivity contribution in [3.05, 3.63) is 42.0 Å². The molecule has 0 aliphatic rings. The van der Waals surface area contributed by atoms with Crippen molar-refractivity contribution in [1.82, 2.24) is 0 Å². The van der Waals surface area contributed by atoms with Crippen LogP contribution in [0.3, 0.4) is 0 Å². The molecule has 5 heteroatoms. The van der Waals surface area contributed by atoms with Gasteiger partial charge in [0.15, 0.2) is 0 Å². The van der Waals surface area contributed by atoms with Crippen molar-refractivity contribution in [2.24, 2.45) is 5.16 Å². The number of hydrogen-bond acceptors (Lipinski definition) is 2. The summed E-state index contributed by atoms with van der Waals surface area (Å²) in [6.45, 7) is 5.34. The Bertz CT molecular complexity index is 432. The molecule has 0 saturated heterocycles. The first kappa shape index (κ1) is 13.3. The summed E-state index contributed by atoms with van der Waals surface area (Å²) in [6, 6.07) is 4.73. The minimum Gasteiger partial charge on any atom is -0.411 e. The molecule has 0 aliphatic heterocycles. The molecule has 0 aliphatic carbocycles. The number of alkyl halides is 3. The molecule has 1 aromatic carbocycles. The lowest BCUT2D eigenvalue weighted by atomic mass is 10.0. The van der Waals surface area contributed by atoms with Gasteiger partial charge < -0.3 is 5.21 Å². The minimum atomic E-state index is -4.33. The zero-order valence-corrected chi connectivity index (χ0v) is 9.25. The fourth-order valence-corrected chi connectivity index (χ4v) is 1.34. The maximum atomic E-state index is 12.3. The summed E-state index contributed by atoms with van der Waals surface area (Å²) < 4.78 is 36.9. The zero-order valence-electron chi connectivity index (χ0n) is 9.25. The van der Waals surface area contributed by atoms with Gasteiger partial charge in [-0.3, -0.25) is 0 Å². The van der Waals surface area contributed by atoms with Crippen LogP contribution in [0.15, 0.2) is 36.0 Å². The molecule has 1 N–H and O–H groups in total. The summed E-state index contributed by atoms with van der Waals surface area (Å²) in [5.41, 5.74) is 0.964. The summed E-state index contributed by atoms with van der Waals surface area (Å²) in [4.78, 5) is 0. The smallest absolute Gasteiger partial charge is 0.411 e. The highest BCUT2D eigenvalue weighted by Gasteiger charge is 2.29. The maximum Gasteiger partial charge on any atom is 0.416 e. The van der Waals surface area contributed by atoms with Crippen molar-refractivity contribution in [2.75, 3.05) is 0 Å². The van der Waals surface area contributed by atoms with Crippen LogP contribution in [0.25, 0.3) is 5.57 Å². The van der Waals surface area contributed by atoms with Crippen LogP contribution in [-0.2, 0) is 6.18 Å². The van der Waals surface area contributed by atoms with Crippen LogP contribution in [0.2, 0.25) is 0 Å². The zero-order chi connectivity index (χ0) is 13.1. The Labute approximate surface area is 97.1 Å². The largest absolute Gasteiger partial charge is 0.416 e. The number of benzene rings is 1. The molecule has 17 heavy (non-hydrogen) atoms. The number of nitrogens with zero attached hydrogens (tertiary/aromatic N) is 1. The predicted octanol–water partition coefficient (Wildman–Crippen LogP) is 3.96. The van der Waals surface area contributed by atoms with Crippen LogP contribution in [0, 0.1) is 0 Å². The molecule has 0 amide bonds. The van der Waals surface area contributed by atoms with E-state index in [0.717, 1.165) is 12.1 Å². The molecule has 0 spiro atoms. The summed E-state index contributed by atoms with van der Waals surface area (Å²) >= 11 is 0. The number of allylic oxidation sites excluding steroid dienone is 1. The highest BCUT2D eigenvalue weighted by Crippen LogP contribution is 2.30. The van der Waals surface area contributed by atoms with Gasteiger partial charge in [0.25, 0.3) is 0 Å². The van der Waals surface area contributed by atoms with E-state index >= 15 is 0 Å². The SMILES string of the molecule is C=C(C/C(C)=N/O)c1ccc(C(F)(F)F)cc1. The highest BCUT2D eigenvalue weighted by molar-refractivity contribution is 5.91. The number of rotatable bonds is 3. The fraction of sp³-hybridized carbons (Fsp3) is 0.250. The summed E-state index contributed by atoms with van der Waals surface area (Å²) in [5, 5.41) is 11.5. The molecule has 0 aromatic heterocycles. The fourth-order valence-electron chi connectivity index (χ4n) is 1.34. The van der Waals surface area contributed by atoms with Gasteiger partial charge in [-0.2, -0.15) is 13.2 Å². The van der Waals surface area contributed by atoms with Crippen LogP contribution < -0.4 is 0 Å². The van der Waals surface area contributed by atoms with Gasteiger partial charge in [0.1, 0.15) is 0 Å². The Balaban J connectivity index is 2.85. The Morgan fingerprint density at radius 2 is 1.82 bits per heavy atom. The monoisotopic (exact) mass is 243 g/mol. The average Bonchev–Trinajstić information content (AvgIpc) is 2.27. The summed E-state index contributed by atoms with van der Waals surface area (Å²) in [7, 11) is 0. The first-order chi connectivity index (χ1) is 7.84. The molecule has 92 valence electrons. The van der Waals surface area contributed by atoms with E-state index in [0.29, 0.717) is 23.3 Å². The normalized spacial score (nSPS) is 12.6. The lowest BCUT2D eigenvalue weighted by molar-refractivity contribution is -0.137. The quantitative estimate of drug-likeness (QED) is 0.486. The van der Waals surface area contributed by atoms with E-state index < -0.39 is 11.7 Å². The van der Waals surface area contributed by atoms with E-state index in [1.807, 2.05) is 0 Å². The summed E-state index contributed by atoms with van der Waals surface area (Å²) in [5.74, 6) is 0. The molecule has 0 radical (unpaired) electrons. The van der Waals surface area contributed by atoms with E-state index in [1.165, 1.54) is 12.1 Å². The Morgan fingerprint density at radius 1 is 1.29 bits per heavy atom. The van der Waals surface area contributed by atoms with Gasteiger partial charge in [0.2, 0.25) is 0 Å². The van der Waals surface area contributed by atoms with E-state index in [9.17, 15) is 13.2 Å². The molecule has 0 atom stereocenters. The third-order valence-electron chi connectivity index (χ3n) is 2.26. The minimum absolute atomic E-state index is 0.321. The maximum absolute atomic E-state index is 12.3. The number of hydrogen-bond donors (Lipinski definition) is 1. The van der Waals surface area contributed by atoms with Crippen molar-refractivity contribution in [1.29, 1.82) is 0 Å². The third-order valence-corrected chi connectivity index (χ3v) is 2.26. The van der Waals surface area contributed by atoms with Gasteiger partial charge in [0, 0.05) is 6.42 Å². The average molecular weight is 243 g/mol. The molecule has 0 unspecified atom stereocenters. The van der Waals surface area contributed by atoms with Crippen molar-refractivity contribution < 1.29 is 18.4 Å². The topological polar surface area (TPSA) is 32.6 Å². The molecule has 2 nitrogen and oxygen atoms in total. The first-order valence-electron chi connectivity index (χ1n) is 4.87. The van der Waals surface area contributed by atoms with Crippen molar-refractivity contribution in [3.8, 4) is 0 Å². The first-order valence-corrected chi connectivity index (χ1v) is 4.87. The molecule has 1 rings (SSSR count).